The van der Waals surface area contributed by atoms with Crippen molar-refractivity contribution in [2.45, 2.75) is 19.9 Å². The largest absolute Gasteiger partial charge is 0.465 e. The van der Waals surface area contributed by atoms with Gasteiger partial charge in [0, 0.05) is 6.54 Å². The van der Waals surface area contributed by atoms with E-state index in [0.717, 1.165) is 6.54 Å². The minimum atomic E-state index is -0.218. The molecule has 0 aromatic heterocycles. The second kappa shape index (κ2) is 6.86. The average molecular weight is 188 g/mol. The van der Waals surface area contributed by atoms with E-state index in [1.54, 1.807) is 7.05 Å². The molecule has 78 valence electrons. The summed E-state index contributed by atoms with van der Waals surface area (Å²) in [5, 5.41) is 2.94. The van der Waals surface area contributed by atoms with E-state index in [4.69, 9.17) is 4.74 Å². The van der Waals surface area contributed by atoms with Crippen molar-refractivity contribution < 1.29 is 9.53 Å². The van der Waals surface area contributed by atoms with Gasteiger partial charge in [0.15, 0.2) is 0 Å². The Labute approximate surface area is 80.2 Å². The molecular formula is C9H20N2O2. The molecule has 0 aliphatic carbocycles. The molecule has 4 nitrogen and oxygen atoms in total. The summed E-state index contributed by atoms with van der Waals surface area (Å²) in [6.45, 7) is 5.92. The van der Waals surface area contributed by atoms with Crippen molar-refractivity contribution in [2.75, 3.05) is 33.8 Å². The number of likely N-dealkylation sites (N-methyl/N-ethyl adjacent to an activating group) is 2. The molecule has 0 spiro atoms. The third kappa shape index (κ3) is 4.85. The van der Waals surface area contributed by atoms with E-state index in [9.17, 15) is 4.79 Å². The van der Waals surface area contributed by atoms with Crippen LogP contribution in [0.25, 0.3) is 0 Å². The van der Waals surface area contributed by atoms with E-state index in [2.05, 4.69) is 17.1 Å². The van der Waals surface area contributed by atoms with Crippen LogP contribution >= 0.6 is 0 Å². The van der Waals surface area contributed by atoms with Crippen molar-refractivity contribution in [2.24, 2.45) is 0 Å². The van der Waals surface area contributed by atoms with Gasteiger partial charge in [-0.2, -0.15) is 0 Å². The Kier molecular flexibility index (Phi) is 6.54. The Morgan fingerprint density at radius 2 is 2.15 bits per heavy atom. The van der Waals surface area contributed by atoms with Crippen LogP contribution in [0.1, 0.15) is 13.8 Å². The fraction of sp³-hybridized carbons (Fsp3) is 0.889. The number of carbonyl (C=O) groups is 1. The molecule has 0 aliphatic rings. The zero-order valence-electron chi connectivity index (χ0n) is 8.96. The van der Waals surface area contributed by atoms with E-state index in [-0.39, 0.29) is 12.0 Å². The molecule has 0 saturated heterocycles. The molecule has 1 unspecified atom stereocenters. The zero-order valence-corrected chi connectivity index (χ0v) is 8.96. The lowest BCUT2D eigenvalue weighted by Crippen LogP contribution is -2.44. The summed E-state index contributed by atoms with van der Waals surface area (Å²) in [5.74, 6) is -0.176. The molecule has 1 N–H and O–H groups in total. The van der Waals surface area contributed by atoms with Crippen LogP contribution in [-0.4, -0.2) is 50.7 Å². The molecule has 0 fully saturated rings. The number of carbonyl (C=O) groups excluding carboxylic acids is 1. The van der Waals surface area contributed by atoms with Gasteiger partial charge in [-0.1, -0.05) is 6.92 Å². The maximum Gasteiger partial charge on any atom is 0.324 e. The van der Waals surface area contributed by atoms with Gasteiger partial charge in [-0.3, -0.25) is 4.79 Å². The first-order valence-electron chi connectivity index (χ1n) is 4.68. The van der Waals surface area contributed by atoms with Gasteiger partial charge in [-0.25, -0.2) is 0 Å². The summed E-state index contributed by atoms with van der Waals surface area (Å²) in [5.41, 5.74) is 0. The summed E-state index contributed by atoms with van der Waals surface area (Å²) in [4.78, 5) is 13.4. The monoisotopic (exact) mass is 188 g/mol. The summed E-state index contributed by atoms with van der Waals surface area (Å²) in [6, 6.07) is -0.218. The first-order valence-corrected chi connectivity index (χ1v) is 4.68. The normalized spacial score (nSPS) is 13.0. The third-order valence-electron chi connectivity index (χ3n) is 1.95. The summed E-state index contributed by atoms with van der Waals surface area (Å²) < 4.78 is 4.91. The van der Waals surface area contributed by atoms with Crippen LogP contribution < -0.4 is 5.32 Å². The molecule has 4 heteroatoms. The Balaban J connectivity index is 3.94. The van der Waals surface area contributed by atoms with Crippen LogP contribution in [0.5, 0.6) is 0 Å². The van der Waals surface area contributed by atoms with Gasteiger partial charge in [0.2, 0.25) is 0 Å². The molecular weight excluding hydrogens is 168 g/mol. The van der Waals surface area contributed by atoms with Crippen LogP contribution in [-0.2, 0) is 9.53 Å². The maximum atomic E-state index is 11.3. The number of nitrogens with zero attached hydrogens (tertiary/aromatic N) is 1. The summed E-state index contributed by atoms with van der Waals surface area (Å²) in [6.07, 6.45) is 0. The lowest BCUT2D eigenvalue weighted by molar-refractivity contribution is -0.145. The fourth-order valence-corrected chi connectivity index (χ4v) is 0.967. The minimum Gasteiger partial charge on any atom is -0.465 e. The standard InChI is InChI=1S/C9H20N2O2/c1-5-11(4)7-8(10-3)9(12)13-6-2/h8,10H,5-7H2,1-4H3. The highest BCUT2D eigenvalue weighted by molar-refractivity contribution is 5.76. The highest BCUT2D eigenvalue weighted by Gasteiger charge is 2.18. The van der Waals surface area contributed by atoms with Crippen molar-refractivity contribution in [3.05, 3.63) is 0 Å². The van der Waals surface area contributed by atoms with Crippen molar-refractivity contribution in [1.29, 1.82) is 0 Å². The lowest BCUT2D eigenvalue weighted by atomic mass is 10.3. The molecule has 0 rings (SSSR count). The number of esters is 1. The van der Waals surface area contributed by atoms with Crippen molar-refractivity contribution in [3.8, 4) is 0 Å². The predicted molar refractivity (Wildman–Crippen MR) is 52.7 cm³/mol. The van der Waals surface area contributed by atoms with Gasteiger partial charge in [0.05, 0.1) is 6.61 Å². The topological polar surface area (TPSA) is 41.6 Å². The molecule has 0 amide bonds. The Bertz CT molecular complexity index is 151. The highest BCUT2D eigenvalue weighted by Crippen LogP contribution is 1.92. The first kappa shape index (κ1) is 12.4. The molecule has 1 atom stereocenters. The Morgan fingerprint density at radius 1 is 1.54 bits per heavy atom. The molecule has 0 aromatic rings. The second-order valence-electron chi connectivity index (χ2n) is 2.95. The van der Waals surface area contributed by atoms with Crippen molar-refractivity contribution >= 4 is 5.97 Å². The number of ether oxygens (including phenoxy) is 1. The van der Waals surface area contributed by atoms with E-state index >= 15 is 0 Å². The summed E-state index contributed by atoms with van der Waals surface area (Å²) in [7, 11) is 3.74. The SMILES string of the molecule is CCOC(=O)C(CN(C)CC)NC. The van der Waals surface area contributed by atoms with Gasteiger partial charge in [-0.05, 0) is 27.6 Å². The van der Waals surface area contributed by atoms with Gasteiger partial charge >= 0.3 is 5.97 Å². The maximum absolute atomic E-state index is 11.3. The third-order valence-corrected chi connectivity index (χ3v) is 1.95. The van der Waals surface area contributed by atoms with E-state index < -0.39 is 0 Å². The predicted octanol–water partition coefficient (Wildman–Crippen LogP) is 0.0892. The van der Waals surface area contributed by atoms with Crippen LogP contribution in [0.15, 0.2) is 0 Å². The Morgan fingerprint density at radius 3 is 2.54 bits per heavy atom. The Hall–Kier alpha value is -0.610. The fourth-order valence-electron chi connectivity index (χ4n) is 0.967. The minimum absolute atomic E-state index is 0.176. The number of nitrogens with one attached hydrogen (secondary N) is 1. The van der Waals surface area contributed by atoms with E-state index in [0.29, 0.717) is 13.2 Å². The van der Waals surface area contributed by atoms with Crippen LogP contribution in [0.2, 0.25) is 0 Å². The van der Waals surface area contributed by atoms with Crippen molar-refractivity contribution in [1.82, 2.24) is 10.2 Å². The van der Waals surface area contributed by atoms with Crippen LogP contribution in [0.3, 0.4) is 0 Å². The summed E-state index contributed by atoms with van der Waals surface area (Å²) >= 11 is 0. The van der Waals surface area contributed by atoms with Gasteiger partial charge < -0.3 is 15.0 Å². The van der Waals surface area contributed by atoms with Crippen molar-refractivity contribution in [3.63, 3.8) is 0 Å². The van der Waals surface area contributed by atoms with Gasteiger partial charge in [-0.15, -0.1) is 0 Å². The van der Waals surface area contributed by atoms with Crippen LogP contribution in [0, 0.1) is 0 Å². The van der Waals surface area contributed by atoms with Crippen LogP contribution in [0.4, 0.5) is 0 Å². The molecule has 13 heavy (non-hydrogen) atoms. The lowest BCUT2D eigenvalue weighted by Gasteiger charge is -2.20. The molecule has 0 aliphatic heterocycles. The molecule has 0 bridgehead atoms. The average Bonchev–Trinajstić information content (AvgIpc) is 2.14. The molecule has 0 aromatic carbocycles. The zero-order chi connectivity index (χ0) is 10.3. The quantitative estimate of drug-likeness (QED) is 0.600. The second-order valence-corrected chi connectivity index (χ2v) is 2.95. The van der Waals surface area contributed by atoms with Gasteiger partial charge in [0.1, 0.15) is 6.04 Å². The van der Waals surface area contributed by atoms with E-state index in [1.165, 1.54) is 0 Å². The first-order chi connectivity index (χ1) is 6.15. The smallest absolute Gasteiger partial charge is 0.324 e. The van der Waals surface area contributed by atoms with E-state index in [1.807, 2.05) is 14.0 Å². The highest BCUT2D eigenvalue weighted by atomic mass is 16.5. The molecule has 0 radical (unpaired) electrons. The van der Waals surface area contributed by atoms with Gasteiger partial charge in [0.25, 0.3) is 0 Å². The number of rotatable bonds is 6. The molecule has 0 saturated carbocycles. The number of hydrogen-bond acceptors (Lipinski definition) is 4. The number of hydrogen-bond donors (Lipinski definition) is 1. The molecule has 0 heterocycles.